The number of carbonyl (C=O) groups is 1. The lowest BCUT2D eigenvalue weighted by molar-refractivity contribution is -0.138. The van der Waals surface area contributed by atoms with E-state index in [2.05, 4.69) is 13.8 Å². The number of hydrogen-bond acceptors (Lipinski definition) is 2. The molecule has 0 radical (unpaired) electrons. The van der Waals surface area contributed by atoms with Gasteiger partial charge in [-0.2, -0.15) is 0 Å². The molecule has 1 aliphatic rings. The second-order valence-electron chi connectivity index (χ2n) is 5.92. The molecule has 2 N–H and O–H groups in total. The lowest BCUT2D eigenvalue weighted by Gasteiger charge is -2.39. The van der Waals surface area contributed by atoms with E-state index < -0.39 is 0 Å². The van der Waals surface area contributed by atoms with Gasteiger partial charge in [-0.1, -0.05) is 26.7 Å². The van der Waals surface area contributed by atoms with Crippen LogP contribution in [0.4, 0.5) is 0 Å². The molecule has 0 aromatic carbocycles. The van der Waals surface area contributed by atoms with E-state index in [0.29, 0.717) is 5.92 Å². The molecule has 1 saturated carbocycles. The Kier molecular flexibility index (Phi) is 6.49. The number of halogens is 1. The van der Waals surface area contributed by atoms with Gasteiger partial charge in [0.1, 0.15) is 0 Å². The number of nitrogens with two attached hydrogens (primary N) is 1. The molecule has 2 atom stereocenters. The zero-order valence-electron chi connectivity index (χ0n) is 11.5. The molecule has 102 valence electrons. The fourth-order valence-electron chi connectivity index (χ4n) is 2.67. The van der Waals surface area contributed by atoms with Crippen molar-refractivity contribution in [2.45, 2.75) is 52.0 Å². The Hall–Kier alpha value is -0.280. The highest BCUT2D eigenvalue weighted by Crippen LogP contribution is 2.32. The molecule has 0 saturated heterocycles. The molecule has 2 unspecified atom stereocenters. The van der Waals surface area contributed by atoms with Gasteiger partial charge in [0.25, 0.3) is 0 Å². The summed E-state index contributed by atoms with van der Waals surface area (Å²) in [5.74, 6) is 0.768. The number of nitrogens with zero attached hydrogens (tertiary/aromatic N) is 1. The van der Waals surface area contributed by atoms with E-state index in [9.17, 15) is 4.79 Å². The third-order valence-corrected chi connectivity index (χ3v) is 3.57. The van der Waals surface area contributed by atoms with Crippen LogP contribution in [0.15, 0.2) is 0 Å². The standard InChI is InChI=1S/C13H26N2O.ClH/c1-10(2)9-15(4)12(16)11-7-5-6-8-13(11,3)14;/h10-11H,5-9,14H2,1-4H3;1H. The highest BCUT2D eigenvalue weighted by molar-refractivity contribution is 5.85. The molecule has 0 aromatic heterocycles. The topological polar surface area (TPSA) is 46.3 Å². The normalized spacial score (nSPS) is 28.7. The van der Waals surface area contributed by atoms with Crippen LogP contribution >= 0.6 is 12.4 Å². The minimum atomic E-state index is -0.305. The van der Waals surface area contributed by atoms with Crippen molar-refractivity contribution in [1.29, 1.82) is 0 Å². The molecular formula is C13H27ClN2O. The summed E-state index contributed by atoms with van der Waals surface area (Å²) in [7, 11) is 1.90. The van der Waals surface area contributed by atoms with Crippen molar-refractivity contribution in [3.63, 3.8) is 0 Å². The van der Waals surface area contributed by atoms with Gasteiger partial charge in [-0.05, 0) is 25.7 Å². The Labute approximate surface area is 112 Å². The third kappa shape index (κ3) is 4.47. The van der Waals surface area contributed by atoms with Crippen LogP contribution in [-0.4, -0.2) is 29.9 Å². The van der Waals surface area contributed by atoms with E-state index in [1.54, 1.807) is 0 Å². The van der Waals surface area contributed by atoms with E-state index in [-0.39, 0.29) is 29.8 Å². The van der Waals surface area contributed by atoms with Crippen molar-refractivity contribution >= 4 is 18.3 Å². The second kappa shape index (κ2) is 6.60. The van der Waals surface area contributed by atoms with E-state index >= 15 is 0 Å². The summed E-state index contributed by atoms with van der Waals surface area (Å²) in [6, 6.07) is 0. The van der Waals surface area contributed by atoms with Gasteiger partial charge in [0.05, 0.1) is 5.92 Å². The van der Waals surface area contributed by atoms with Gasteiger partial charge in [-0.25, -0.2) is 0 Å². The first kappa shape index (κ1) is 16.7. The Morgan fingerprint density at radius 1 is 1.47 bits per heavy atom. The fraction of sp³-hybridized carbons (Fsp3) is 0.923. The predicted octanol–water partition coefficient (Wildman–Crippen LogP) is 2.43. The maximum atomic E-state index is 12.3. The second-order valence-corrected chi connectivity index (χ2v) is 5.92. The molecule has 1 aliphatic carbocycles. The molecule has 0 aliphatic heterocycles. The average molecular weight is 263 g/mol. The average Bonchev–Trinajstić information content (AvgIpc) is 2.15. The molecule has 1 fully saturated rings. The first-order chi connectivity index (χ1) is 7.34. The summed E-state index contributed by atoms with van der Waals surface area (Å²) in [4.78, 5) is 14.1. The minimum absolute atomic E-state index is 0. The fourth-order valence-corrected chi connectivity index (χ4v) is 2.67. The molecule has 0 aromatic rings. The van der Waals surface area contributed by atoms with Crippen molar-refractivity contribution in [2.75, 3.05) is 13.6 Å². The van der Waals surface area contributed by atoms with Crippen LogP contribution in [0.2, 0.25) is 0 Å². The van der Waals surface area contributed by atoms with E-state index in [0.717, 1.165) is 32.2 Å². The maximum Gasteiger partial charge on any atom is 0.227 e. The molecule has 3 nitrogen and oxygen atoms in total. The maximum absolute atomic E-state index is 12.3. The van der Waals surface area contributed by atoms with Gasteiger partial charge in [-0.15, -0.1) is 12.4 Å². The lowest BCUT2D eigenvalue weighted by Crippen LogP contribution is -2.53. The summed E-state index contributed by atoms with van der Waals surface area (Å²) in [5, 5.41) is 0. The Balaban J connectivity index is 0.00000256. The van der Waals surface area contributed by atoms with Crippen LogP contribution in [0.25, 0.3) is 0 Å². The quantitative estimate of drug-likeness (QED) is 0.849. The minimum Gasteiger partial charge on any atom is -0.345 e. The highest BCUT2D eigenvalue weighted by atomic mass is 35.5. The largest absolute Gasteiger partial charge is 0.345 e. The van der Waals surface area contributed by atoms with Gasteiger partial charge in [0.15, 0.2) is 0 Å². The first-order valence-corrected chi connectivity index (χ1v) is 6.38. The number of rotatable bonds is 3. The van der Waals surface area contributed by atoms with Crippen LogP contribution in [0, 0.1) is 11.8 Å². The zero-order valence-corrected chi connectivity index (χ0v) is 12.3. The highest BCUT2D eigenvalue weighted by Gasteiger charge is 2.38. The molecule has 1 rings (SSSR count). The molecule has 17 heavy (non-hydrogen) atoms. The van der Waals surface area contributed by atoms with Crippen molar-refractivity contribution in [3.8, 4) is 0 Å². The summed E-state index contributed by atoms with van der Waals surface area (Å²) in [6.45, 7) is 7.11. The monoisotopic (exact) mass is 262 g/mol. The van der Waals surface area contributed by atoms with Gasteiger partial charge in [0.2, 0.25) is 5.91 Å². The SMILES string of the molecule is CC(C)CN(C)C(=O)C1CCCCC1(C)N.Cl. The summed E-state index contributed by atoms with van der Waals surface area (Å²) < 4.78 is 0. The van der Waals surface area contributed by atoms with Crippen LogP contribution in [0.5, 0.6) is 0 Å². The van der Waals surface area contributed by atoms with Gasteiger partial charge >= 0.3 is 0 Å². The van der Waals surface area contributed by atoms with Gasteiger partial charge in [0, 0.05) is 19.1 Å². The zero-order chi connectivity index (χ0) is 12.3. The Morgan fingerprint density at radius 3 is 2.53 bits per heavy atom. The first-order valence-electron chi connectivity index (χ1n) is 6.38. The molecule has 0 bridgehead atoms. The number of hydrogen-bond donors (Lipinski definition) is 1. The van der Waals surface area contributed by atoms with Crippen LogP contribution in [0.3, 0.4) is 0 Å². The van der Waals surface area contributed by atoms with E-state index in [4.69, 9.17) is 5.73 Å². The Morgan fingerprint density at radius 2 is 2.06 bits per heavy atom. The van der Waals surface area contributed by atoms with Crippen molar-refractivity contribution in [1.82, 2.24) is 4.90 Å². The number of carbonyl (C=O) groups excluding carboxylic acids is 1. The number of amides is 1. The smallest absolute Gasteiger partial charge is 0.227 e. The van der Waals surface area contributed by atoms with E-state index in [1.165, 1.54) is 0 Å². The summed E-state index contributed by atoms with van der Waals surface area (Å²) >= 11 is 0. The predicted molar refractivity (Wildman–Crippen MR) is 74.3 cm³/mol. The Bertz CT molecular complexity index is 254. The van der Waals surface area contributed by atoms with Gasteiger partial charge in [-0.3, -0.25) is 4.79 Å². The lowest BCUT2D eigenvalue weighted by atomic mass is 9.74. The summed E-state index contributed by atoms with van der Waals surface area (Å²) in [5.41, 5.74) is 5.94. The van der Waals surface area contributed by atoms with Crippen molar-refractivity contribution < 1.29 is 4.79 Å². The van der Waals surface area contributed by atoms with Crippen LogP contribution < -0.4 is 5.73 Å². The molecule has 4 heteroatoms. The summed E-state index contributed by atoms with van der Waals surface area (Å²) in [6.07, 6.45) is 4.22. The van der Waals surface area contributed by atoms with Crippen LogP contribution in [-0.2, 0) is 4.79 Å². The molecule has 0 heterocycles. The van der Waals surface area contributed by atoms with E-state index in [1.807, 2.05) is 18.9 Å². The molecule has 1 amide bonds. The molecular weight excluding hydrogens is 236 g/mol. The van der Waals surface area contributed by atoms with Crippen molar-refractivity contribution in [2.24, 2.45) is 17.6 Å². The van der Waals surface area contributed by atoms with Gasteiger partial charge < -0.3 is 10.6 Å². The third-order valence-electron chi connectivity index (χ3n) is 3.57. The molecule has 0 spiro atoms. The van der Waals surface area contributed by atoms with Crippen molar-refractivity contribution in [3.05, 3.63) is 0 Å². The van der Waals surface area contributed by atoms with Crippen LogP contribution in [0.1, 0.15) is 46.5 Å².